The number of piperidine rings is 1. The van der Waals surface area contributed by atoms with Gasteiger partial charge in [-0.3, -0.25) is 0 Å². The Balaban J connectivity index is 2.19. The van der Waals surface area contributed by atoms with Gasteiger partial charge in [-0.05, 0) is 37.9 Å². The SMILES string of the molecule is CCNC1CCN(c2cc(Br)cc(OC)c2)C(C)C1C. The maximum absolute atomic E-state index is 5.38. The zero-order chi connectivity index (χ0) is 14.7. The van der Waals surface area contributed by atoms with Gasteiger partial charge in [-0.1, -0.05) is 29.8 Å². The average Bonchev–Trinajstić information content (AvgIpc) is 2.43. The van der Waals surface area contributed by atoms with E-state index in [4.69, 9.17) is 4.74 Å². The van der Waals surface area contributed by atoms with Gasteiger partial charge in [0.1, 0.15) is 5.75 Å². The summed E-state index contributed by atoms with van der Waals surface area (Å²) in [4.78, 5) is 2.49. The molecule has 20 heavy (non-hydrogen) atoms. The van der Waals surface area contributed by atoms with Crippen LogP contribution in [0.1, 0.15) is 27.2 Å². The molecule has 112 valence electrons. The second kappa shape index (κ2) is 6.81. The zero-order valence-corrected chi connectivity index (χ0v) is 14.4. The quantitative estimate of drug-likeness (QED) is 0.904. The van der Waals surface area contributed by atoms with Crippen molar-refractivity contribution in [1.82, 2.24) is 5.32 Å². The lowest BCUT2D eigenvalue weighted by atomic mass is 9.86. The van der Waals surface area contributed by atoms with Gasteiger partial charge in [-0.2, -0.15) is 0 Å². The van der Waals surface area contributed by atoms with E-state index in [0.717, 1.165) is 23.3 Å². The van der Waals surface area contributed by atoms with Crippen LogP contribution in [0.5, 0.6) is 5.75 Å². The van der Waals surface area contributed by atoms with Crippen molar-refractivity contribution in [1.29, 1.82) is 0 Å². The highest BCUT2D eigenvalue weighted by molar-refractivity contribution is 9.10. The molecule has 0 aliphatic carbocycles. The lowest BCUT2D eigenvalue weighted by molar-refractivity contribution is 0.274. The standard InChI is InChI=1S/C16H25BrN2O/c1-5-18-16-6-7-19(12(3)11(16)2)14-8-13(17)9-15(10-14)20-4/h8-12,16,18H,5-7H2,1-4H3. The summed E-state index contributed by atoms with van der Waals surface area (Å²) in [5.74, 6) is 1.54. The van der Waals surface area contributed by atoms with E-state index in [1.54, 1.807) is 7.11 Å². The van der Waals surface area contributed by atoms with Gasteiger partial charge < -0.3 is 15.0 Å². The number of rotatable bonds is 4. The molecular weight excluding hydrogens is 316 g/mol. The van der Waals surface area contributed by atoms with E-state index in [-0.39, 0.29) is 0 Å². The normalized spacial score (nSPS) is 26.6. The molecule has 3 atom stereocenters. The predicted octanol–water partition coefficient (Wildman–Crippen LogP) is 3.67. The molecule has 4 heteroatoms. The van der Waals surface area contributed by atoms with E-state index in [1.165, 1.54) is 12.1 Å². The lowest BCUT2D eigenvalue weighted by Gasteiger charge is -2.44. The lowest BCUT2D eigenvalue weighted by Crippen LogP contribution is -2.53. The van der Waals surface area contributed by atoms with Gasteiger partial charge in [0.15, 0.2) is 0 Å². The molecule has 1 N–H and O–H groups in total. The van der Waals surface area contributed by atoms with Gasteiger partial charge in [-0.25, -0.2) is 0 Å². The van der Waals surface area contributed by atoms with Crippen molar-refractivity contribution in [3.05, 3.63) is 22.7 Å². The minimum Gasteiger partial charge on any atom is -0.497 e. The summed E-state index contributed by atoms with van der Waals surface area (Å²) in [6.45, 7) is 8.99. The first-order chi connectivity index (χ1) is 9.56. The molecule has 0 aromatic heterocycles. The number of ether oxygens (including phenoxy) is 1. The molecule has 1 aliphatic rings. The number of hydrogen-bond acceptors (Lipinski definition) is 3. The highest BCUT2D eigenvalue weighted by Crippen LogP contribution is 2.33. The molecule has 1 heterocycles. The van der Waals surface area contributed by atoms with Crippen LogP contribution in [0.3, 0.4) is 0 Å². The number of benzene rings is 1. The molecule has 0 spiro atoms. The minimum atomic E-state index is 0.520. The number of hydrogen-bond donors (Lipinski definition) is 1. The summed E-state index contributed by atoms with van der Waals surface area (Å²) in [7, 11) is 1.72. The van der Waals surface area contributed by atoms with Gasteiger partial charge in [0.25, 0.3) is 0 Å². The molecule has 3 unspecified atom stereocenters. The Kier molecular flexibility index (Phi) is 5.33. The Morgan fingerprint density at radius 2 is 2.10 bits per heavy atom. The van der Waals surface area contributed by atoms with Crippen LogP contribution in [-0.4, -0.2) is 32.3 Å². The Bertz CT molecular complexity index is 452. The van der Waals surface area contributed by atoms with E-state index >= 15 is 0 Å². The van der Waals surface area contributed by atoms with Gasteiger partial charge in [0.05, 0.1) is 7.11 Å². The maximum Gasteiger partial charge on any atom is 0.122 e. The van der Waals surface area contributed by atoms with Gasteiger partial charge in [0.2, 0.25) is 0 Å². The minimum absolute atomic E-state index is 0.520. The Morgan fingerprint density at radius 1 is 1.35 bits per heavy atom. The van der Waals surface area contributed by atoms with Gasteiger partial charge >= 0.3 is 0 Å². The van der Waals surface area contributed by atoms with E-state index in [2.05, 4.69) is 59.1 Å². The van der Waals surface area contributed by atoms with Crippen molar-refractivity contribution in [2.75, 3.05) is 25.1 Å². The zero-order valence-electron chi connectivity index (χ0n) is 12.8. The van der Waals surface area contributed by atoms with E-state index in [9.17, 15) is 0 Å². The molecule has 1 aromatic carbocycles. The van der Waals surface area contributed by atoms with Crippen molar-refractivity contribution in [2.24, 2.45) is 5.92 Å². The smallest absolute Gasteiger partial charge is 0.122 e. The molecule has 1 saturated heterocycles. The van der Waals surface area contributed by atoms with Crippen molar-refractivity contribution in [2.45, 2.75) is 39.3 Å². The van der Waals surface area contributed by atoms with E-state index in [1.807, 2.05) is 6.07 Å². The first kappa shape index (κ1) is 15.6. The summed E-state index contributed by atoms with van der Waals surface area (Å²) >= 11 is 3.57. The topological polar surface area (TPSA) is 24.5 Å². The van der Waals surface area contributed by atoms with Crippen LogP contribution in [-0.2, 0) is 0 Å². The van der Waals surface area contributed by atoms with Gasteiger partial charge in [-0.15, -0.1) is 0 Å². The number of nitrogens with zero attached hydrogens (tertiary/aromatic N) is 1. The highest BCUT2D eigenvalue weighted by Gasteiger charge is 2.32. The highest BCUT2D eigenvalue weighted by atomic mass is 79.9. The van der Waals surface area contributed by atoms with Crippen LogP contribution in [0, 0.1) is 5.92 Å². The molecule has 0 radical (unpaired) electrons. The molecule has 0 amide bonds. The average molecular weight is 341 g/mol. The first-order valence-corrected chi connectivity index (χ1v) is 8.20. The van der Waals surface area contributed by atoms with Crippen molar-refractivity contribution >= 4 is 21.6 Å². The fourth-order valence-corrected chi connectivity index (χ4v) is 3.57. The molecule has 3 nitrogen and oxygen atoms in total. The van der Waals surface area contributed by atoms with Crippen LogP contribution < -0.4 is 15.0 Å². The Morgan fingerprint density at radius 3 is 2.75 bits per heavy atom. The molecule has 1 aromatic rings. The van der Waals surface area contributed by atoms with E-state index in [0.29, 0.717) is 18.0 Å². The fourth-order valence-electron chi connectivity index (χ4n) is 3.11. The van der Waals surface area contributed by atoms with Crippen LogP contribution in [0.2, 0.25) is 0 Å². The summed E-state index contributed by atoms with van der Waals surface area (Å²) in [6, 6.07) is 7.45. The molecule has 0 saturated carbocycles. The number of halogens is 1. The van der Waals surface area contributed by atoms with Crippen LogP contribution in [0.4, 0.5) is 5.69 Å². The summed E-state index contributed by atoms with van der Waals surface area (Å²) < 4.78 is 6.45. The molecule has 1 fully saturated rings. The largest absolute Gasteiger partial charge is 0.497 e. The Labute approximate surface area is 130 Å². The number of nitrogens with one attached hydrogen (secondary N) is 1. The number of anilines is 1. The van der Waals surface area contributed by atoms with Crippen LogP contribution in [0.25, 0.3) is 0 Å². The van der Waals surface area contributed by atoms with Crippen LogP contribution >= 0.6 is 15.9 Å². The molecule has 0 bridgehead atoms. The van der Waals surface area contributed by atoms with Crippen molar-refractivity contribution in [3.8, 4) is 5.75 Å². The first-order valence-electron chi connectivity index (χ1n) is 7.41. The number of methoxy groups -OCH3 is 1. The van der Waals surface area contributed by atoms with Crippen molar-refractivity contribution < 1.29 is 4.74 Å². The third kappa shape index (κ3) is 3.29. The second-order valence-corrected chi connectivity index (χ2v) is 6.51. The van der Waals surface area contributed by atoms with Gasteiger partial charge in [0, 0.05) is 34.9 Å². The summed E-state index contributed by atoms with van der Waals surface area (Å²) in [5.41, 5.74) is 1.24. The Hall–Kier alpha value is -0.740. The maximum atomic E-state index is 5.38. The van der Waals surface area contributed by atoms with E-state index < -0.39 is 0 Å². The monoisotopic (exact) mass is 340 g/mol. The predicted molar refractivity (Wildman–Crippen MR) is 88.7 cm³/mol. The summed E-state index contributed by atoms with van der Waals surface area (Å²) in [5, 5.41) is 3.61. The van der Waals surface area contributed by atoms with Crippen LogP contribution in [0.15, 0.2) is 22.7 Å². The molecule has 2 rings (SSSR count). The third-order valence-electron chi connectivity index (χ3n) is 4.46. The van der Waals surface area contributed by atoms with Crippen molar-refractivity contribution in [3.63, 3.8) is 0 Å². The third-order valence-corrected chi connectivity index (χ3v) is 4.92. The fraction of sp³-hybridized carbons (Fsp3) is 0.625. The molecule has 1 aliphatic heterocycles. The molecular formula is C16H25BrN2O. The second-order valence-electron chi connectivity index (χ2n) is 5.60. The summed E-state index contributed by atoms with van der Waals surface area (Å²) in [6.07, 6.45) is 1.19.